The number of pyridine rings is 1. The number of fused-ring (bicyclic) bond motifs is 3. The topological polar surface area (TPSA) is 74.7 Å². The molecule has 2 aromatic carbocycles. The molecule has 0 aliphatic carbocycles. The third kappa shape index (κ3) is 4.09. The fraction of sp³-hybridized carbons (Fsp3) is 0.261. The molecule has 30 heavy (non-hydrogen) atoms. The molecule has 0 atom stereocenters. The zero-order valence-corrected chi connectivity index (χ0v) is 17.7. The highest BCUT2D eigenvalue weighted by Gasteiger charge is 2.34. The summed E-state index contributed by atoms with van der Waals surface area (Å²) in [5, 5.41) is 1.46. The number of halogens is 1. The summed E-state index contributed by atoms with van der Waals surface area (Å²) in [6, 6.07) is 10.7. The third-order valence-electron chi connectivity index (χ3n) is 4.86. The van der Waals surface area contributed by atoms with Crippen LogP contribution < -0.4 is 14.2 Å². The van der Waals surface area contributed by atoms with Crippen molar-refractivity contribution in [3.05, 3.63) is 59.9 Å². The Morgan fingerprint density at radius 2 is 1.77 bits per heavy atom. The molecule has 0 N–H and O–H groups in total. The lowest BCUT2D eigenvalue weighted by Gasteiger charge is -2.34. The van der Waals surface area contributed by atoms with Gasteiger partial charge in [-0.15, -0.1) is 12.4 Å². The van der Waals surface area contributed by atoms with Gasteiger partial charge in [0.1, 0.15) is 11.4 Å². The van der Waals surface area contributed by atoms with Gasteiger partial charge in [0.15, 0.2) is 11.5 Å². The normalized spacial score (nSPS) is 14.1. The van der Waals surface area contributed by atoms with Crippen LogP contribution in [0.5, 0.6) is 17.2 Å². The summed E-state index contributed by atoms with van der Waals surface area (Å²) in [6.07, 6.45) is 4.36. The number of rotatable bonds is 3. The van der Waals surface area contributed by atoms with Crippen LogP contribution in [0.4, 0.5) is 0 Å². The van der Waals surface area contributed by atoms with Gasteiger partial charge in [0, 0.05) is 35.7 Å². The quantitative estimate of drug-likeness (QED) is 0.437. The van der Waals surface area contributed by atoms with Gasteiger partial charge in [0.05, 0.1) is 5.56 Å². The van der Waals surface area contributed by atoms with Gasteiger partial charge in [-0.1, -0.05) is 24.3 Å². The number of nitrogens with zero attached hydrogens (tertiary/aromatic N) is 1. The molecule has 1 aromatic heterocycles. The number of hydrogen-bond acceptors (Lipinski definition) is 6. The number of benzene rings is 2. The standard InChI is InChI=1S/C23H21NO5.ClH/c1-14(25)27-20-17-9-5-4-8-16(17)19-18(10-11-23(2,3)29-19)21(20)28-22(26)15-7-6-12-24-13-15;/h4-9,12-13H,10-11H2,1-3H3;1H. The van der Waals surface area contributed by atoms with Crippen molar-refractivity contribution < 1.29 is 23.8 Å². The molecule has 0 radical (unpaired) electrons. The Bertz CT molecular complexity index is 1110. The van der Waals surface area contributed by atoms with Crippen LogP contribution >= 0.6 is 12.4 Å². The summed E-state index contributed by atoms with van der Waals surface area (Å²) in [5.74, 6) is 0.0343. The number of aromatic nitrogens is 1. The van der Waals surface area contributed by atoms with Gasteiger partial charge in [0.2, 0.25) is 0 Å². The van der Waals surface area contributed by atoms with Crippen LogP contribution in [0.2, 0.25) is 0 Å². The molecule has 0 saturated carbocycles. The first kappa shape index (κ1) is 21.6. The highest BCUT2D eigenvalue weighted by Crippen LogP contribution is 2.50. The maximum absolute atomic E-state index is 12.8. The Hall–Kier alpha value is -3.12. The summed E-state index contributed by atoms with van der Waals surface area (Å²) in [7, 11) is 0. The van der Waals surface area contributed by atoms with Gasteiger partial charge < -0.3 is 14.2 Å². The maximum atomic E-state index is 12.8. The first-order valence-corrected chi connectivity index (χ1v) is 9.43. The third-order valence-corrected chi connectivity index (χ3v) is 4.86. The number of hydrogen-bond donors (Lipinski definition) is 0. The Labute approximate surface area is 180 Å². The Kier molecular flexibility index (Phi) is 5.99. The number of esters is 2. The van der Waals surface area contributed by atoms with E-state index in [-0.39, 0.29) is 29.5 Å². The average Bonchev–Trinajstić information content (AvgIpc) is 2.70. The largest absolute Gasteiger partial charge is 0.487 e. The van der Waals surface area contributed by atoms with E-state index in [1.165, 1.54) is 13.1 Å². The zero-order valence-electron chi connectivity index (χ0n) is 16.9. The van der Waals surface area contributed by atoms with E-state index in [2.05, 4.69) is 4.98 Å². The predicted octanol–water partition coefficient (Wildman–Crippen LogP) is 4.90. The predicted molar refractivity (Wildman–Crippen MR) is 115 cm³/mol. The lowest BCUT2D eigenvalue weighted by molar-refractivity contribution is -0.131. The van der Waals surface area contributed by atoms with Crippen molar-refractivity contribution in [2.75, 3.05) is 0 Å². The monoisotopic (exact) mass is 427 g/mol. The fourth-order valence-corrected chi connectivity index (χ4v) is 3.49. The van der Waals surface area contributed by atoms with Gasteiger partial charge in [-0.05, 0) is 38.8 Å². The van der Waals surface area contributed by atoms with E-state index in [0.29, 0.717) is 23.1 Å². The highest BCUT2D eigenvalue weighted by atomic mass is 35.5. The van der Waals surface area contributed by atoms with E-state index < -0.39 is 11.9 Å². The van der Waals surface area contributed by atoms with Crippen LogP contribution in [0.15, 0.2) is 48.8 Å². The van der Waals surface area contributed by atoms with Crippen molar-refractivity contribution in [1.82, 2.24) is 4.98 Å². The van der Waals surface area contributed by atoms with Crippen molar-refractivity contribution in [3.8, 4) is 17.2 Å². The zero-order chi connectivity index (χ0) is 20.6. The van der Waals surface area contributed by atoms with E-state index in [0.717, 1.165) is 17.4 Å². The second kappa shape index (κ2) is 8.32. The molecule has 3 aromatic rings. The summed E-state index contributed by atoms with van der Waals surface area (Å²) >= 11 is 0. The van der Waals surface area contributed by atoms with E-state index in [1.54, 1.807) is 18.3 Å². The molecule has 1 aliphatic heterocycles. The Balaban J connectivity index is 0.00000256. The highest BCUT2D eigenvalue weighted by molar-refractivity contribution is 6.00. The number of carbonyl (C=O) groups is 2. The van der Waals surface area contributed by atoms with Crippen LogP contribution in [-0.4, -0.2) is 22.5 Å². The van der Waals surface area contributed by atoms with Gasteiger partial charge in [-0.3, -0.25) is 9.78 Å². The van der Waals surface area contributed by atoms with Gasteiger partial charge in [-0.25, -0.2) is 4.79 Å². The molecule has 6 nitrogen and oxygen atoms in total. The average molecular weight is 428 g/mol. The van der Waals surface area contributed by atoms with Crippen molar-refractivity contribution in [3.63, 3.8) is 0 Å². The summed E-state index contributed by atoms with van der Waals surface area (Å²) in [5.41, 5.74) is 0.667. The van der Waals surface area contributed by atoms with Crippen LogP contribution in [0.3, 0.4) is 0 Å². The van der Waals surface area contributed by atoms with E-state index >= 15 is 0 Å². The van der Waals surface area contributed by atoms with Gasteiger partial charge in [0.25, 0.3) is 0 Å². The molecule has 4 rings (SSSR count). The summed E-state index contributed by atoms with van der Waals surface area (Å²) in [6.45, 7) is 5.36. The van der Waals surface area contributed by atoms with Crippen LogP contribution in [0, 0.1) is 0 Å². The second-order valence-corrected chi connectivity index (χ2v) is 7.60. The molecule has 7 heteroatoms. The van der Waals surface area contributed by atoms with E-state index in [9.17, 15) is 9.59 Å². The van der Waals surface area contributed by atoms with Crippen molar-refractivity contribution in [2.24, 2.45) is 0 Å². The summed E-state index contributed by atoms with van der Waals surface area (Å²) < 4.78 is 17.6. The minimum absolute atomic E-state index is 0. The van der Waals surface area contributed by atoms with Gasteiger partial charge in [-0.2, -0.15) is 0 Å². The molecule has 0 fully saturated rings. The molecule has 0 bridgehead atoms. The molecule has 2 heterocycles. The lowest BCUT2D eigenvalue weighted by Crippen LogP contribution is -2.33. The van der Waals surface area contributed by atoms with Crippen molar-refractivity contribution in [1.29, 1.82) is 0 Å². The molecule has 0 unspecified atom stereocenters. The molecular formula is C23H22ClNO5. The van der Waals surface area contributed by atoms with E-state index in [4.69, 9.17) is 14.2 Å². The minimum Gasteiger partial charge on any atom is -0.487 e. The minimum atomic E-state index is -0.575. The SMILES string of the molecule is CC(=O)Oc1c(OC(=O)c2cccnc2)c2c(c3ccccc13)OC(C)(C)CC2.Cl. The second-order valence-electron chi connectivity index (χ2n) is 7.60. The fourth-order valence-electron chi connectivity index (χ4n) is 3.49. The van der Waals surface area contributed by atoms with Crippen molar-refractivity contribution >= 4 is 35.1 Å². The molecule has 156 valence electrons. The molecule has 0 saturated heterocycles. The smallest absolute Gasteiger partial charge is 0.345 e. The lowest BCUT2D eigenvalue weighted by atomic mass is 9.91. The van der Waals surface area contributed by atoms with Gasteiger partial charge >= 0.3 is 11.9 Å². The first-order chi connectivity index (χ1) is 13.9. The van der Waals surface area contributed by atoms with Crippen molar-refractivity contribution in [2.45, 2.75) is 39.2 Å². The number of carbonyl (C=O) groups excluding carboxylic acids is 2. The molecule has 1 aliphatic rings. The molecule has 0 amide bonds. The Morgan fingerprint density at radius 3 is 2.43 bits per heavy atom. The van der Waals surface area contributed by atoms with Crippen LogP contribution in [-0.2, 0) is 11.2 Å². The molecular weight excluding hydrogens is 406 g/mol. The van der Waals surface area contributed by atoms with Crippen LogP contribution in [0.1, 0.15) is 43.1 Å². The van der Waals surface area contributed by atoms with E-state index in [1.807, 2.05) is 38.1 Å². The van der Waals surface area contributed by atoms with Crippen LogP contribution in [0.25, 0.3) is 10.8 Å². The summed E-state index contributed by atoms with van der Waals surface area (Å²) in [4.78, 5) is 28.6. The maximum Gasteiger partial charge on any atom is 0.345 e. The number of ether oxygens (including phenoxy) is 3. The Morgan fingerprint density at radius 1 is 1.03 bits per heavy atom. The first-order valence-electron chi connectivity index (χ1n) is 9.43. The molecule has 0 spiro atoms.